The Morgan fingerprint density at radius 3 is 2.83 bits per heavy atom. The number of aromatic nitrogens is 1. The molecular weight excluding hydrogens is 432 g/mol. The second-order valence-electron chi connectivity index (χ2n) is 6.33. The van der Waals surface area contributed by atoms with Crippen molar-refractivity contribution in [2.75, 3.05) is 25.9 Å². The zero-order valence-corrected chi connectivity index (χ0v) is 17.2. The molecule has 30 heavy (non-hydrogen) atoms. The third-order valence-electron chi connectivity index (χ3n) is 4.51. The van der Waals surface area contributed by atoms with Gasteiger partial charge < -0.3 is 21.0 Å². The lowest BCUT2D eigenvalue weighted by atomic mass is 10.1. The van der Waals surface area contributed by atoms with Gasteiger partial charge in [-0.05, 0) is 11.4 Å². The van der Waals surface area contributed by atoms with E-state index in [1.165, 1.54) is 18.4 Å². The van der Waals surface area contributed by atoms with Crippen molar-refractivity contribution in [3.05, 3.63) is 39.2 Å². The average Bonchev–Trinajstić information content (AvgIpc) is 3.46. The Morgan fingerprint density at radius 2 is 2.23 bits per heavy atom. The van der Waals surface area contributed by atoms with Crippen LogP contribution in [-0.2, 0) is 19.2 Å². The minimum Gasteiger partial charge on any atom is -0.477 e. The zero-order valence-electron chi connectivity index (χ0n) is 15.6. The highest BCUT2D eigenvalue weighted by molar-refractivity contribution is 7.13. The van der Waals surface area contributed by atoms with Gasteiger partial charge in [0.1, 0.15) is 18.8 Å². The van der Waals surface area contributed by atoms with E-state index in [2.05, 4.69) is 15.5 Å². The van der Waals surface area contributed by atoms with E-state index in [9.17, 15) is 19.5 Å². The van der Waals surface area contributed by atoms with E-state index < -0.39 is 23.8 Å². The van der Waals surface area contributed by atoms with Crippen molar-refractivity contribution >= 4 is 56.9 Å². The van der Waals surface area contributed by atoms with E-state index >= 15 is 0 Å². The number of carbonyl (C=O) groups is 3. The van der Waals surface area contributed by atoms with E-state index in [-0.39, 0.29) is 35.3 Å². The molecule has 1 saturated heterocycles. The van der Waals surface area contributed by atoms with E-state index in [1.54, 1.807) is 10.4 Å². The number of carbonyl (C=O) groups excluding carboxylic acids is 2. The number of thiophene rings is 1. The molecule has 0 saturated carbocycles. The number of nitrogens with two attached hydrogens (primary N) is 1. The van der Waals surface area contributed by atoms with Gasteiger partial charge in [0.2, 0.25) is 0 Å². The fraction of sp³-hybridized carbons (Fsp3) is 0.235. The molecule has 4 heterocycles. The fourth-order valence-corrected chi connectivity index (χ4v) is 4.63. The van der Waals surface area contributed by atoms with Crippen molar-refractivity contribution in [3.8, 4) is 0 Å². The third-order valence-corrected chi connectivity index (χ3v) is 6.11. The smallest absolute Gasteiger partial charge is 0.354 e. The lowest BCUT2D eigenvalue weighted by molar-refractivity contribution is -0.143. The van der Waals surface area contributed by atoms with E-state index in [0.29, 0.717) is 5.57 Å². The SMILES string of the molecule is CO/N=C(\C(=O)N[C@H]1CN2CC(c3cccs3)=C(C(=O)O)N2C1=O)c1csc(N)n1. The number of hydrogen-bond donors (Lipinski definition) is 3. The Labute approximate surface area is 178 Å². The largest absolute Gasteiger partial charge is 0.477 e. The topological polar surface area (TPSA) is 150 Å². The molecule has 1 fully saturated rings. The number of oxime groups is 1. The first-order valence-corrected chi connectivity index (χ1v) is 10.4. The van der Waals surface area contributed by atoms with Crippen molar-refractivity contribution < 1.29 is 24.3 Å². The summed E-state index contributed by atoms with van der Waals surface area (Å²) in [6.07, 6.45) is 0. The molecule has 0 aliphatic carbocycles. The minimum absolute atomic E-state index is 0.0998. The molecule has 2 amide bonds. The highest BCUT2D eigenvalue weighted by Gasteiger charge is 2.48. The fourth-order valence-electron chi connectivity index (χ4n) is 3.32. The van der Waals surface area contributed by atoms with Gasteiger partial charge in [-0.2, -0.15) is 0 Å². The maximum absolute atomic E-state index is 12.9. The number of nitrogens with one attached hydrogen (secondary N) is 1. The van der Waals surface area contributed by atoms with Crippen LogP contribution in [0, 0.1) is 0 Å². The van der Waals surface area contributed by atoms with Crippen LogP contribution in [0.15, 0.2) is 33.7 Å². The second-order valence-corrected chi connectivity index (χ2v) is 8.16. The zero-order chi connectivity index (χ0) is 21.4. The molecule has 4 N–H and O–H groups in total. The van der Waals surface area contributed by atoms with Crippen molar-refractivity contribution in [1.82, 2.24) is 20.3 Å². The molecule has 2 aliphatic rings. The average molecular weight is 448 g/mol. The number of amides is 2. The Hall–Kier alpha value is -3.29. The van der Waals surface area contributed by atoms with Crippen LogP contribution >= 0.6 is 22.7 Å². The predicted molar refractivity (Wildman–Crippen MR) is 109 cm³/mol. The van der Waals surface area contributed by atoms with Crippen LogP contribution < -0.4 is 11.1 Å². The Balaban J connectivity index is 1.56. The predicted octanol–water partition coefficient (Wildman–Crippen LogP) is 0.191. The molecule has 4 rings (SSSR count). The number of fused-ring (bicyclic) bond motifs is 1. The van der Waals surface area contributed by atoms with Crippen LogP contribution in [0.1, 0.15) is 10.6 Å². The Morgan fingerprint density at radius 1 is 1.43 bits per heavy atom. The number of hydrogen-bond acceptors (Lipinski definition) is 10. The van der Waals surface area contributed by atoms with Crippen molar-refractivity contribution in [2.24, 2.45) is 5.16 Å². The minimum atomic E-state index is -1.21. The number of anilines is 1. The summed E-state index contributed by atoms with van der Waals surface area (Å²) >= 11 is 2.53. The van der Waals surface area contributed by atoms with Crippen molar-refractivity contribution in [2.45, 2.75) is 6.04 Å². The quantitative estimate of drug-likeness (QED) is 0.419. The maximum atomic E-state index is 12.9. The molecule has 1 atom stereocenters. The van der Waals surface area contributed by atoms with Crippen LogP contribution in [0.2, 0.25) is 0 Å². The van der Waals surface area contributed by atoms with Gasteiger partial charge in [-0.1, -0.05) is 11.2 Å². The Bertz CT molecular complexity index is 1080. The molecule has 0 spiro atoms. The van der Waals surface area contributed by atoms with Gasteiger partial charge in [-0.25, -0.2) is 19.8 Å². The summed E-state index contributed by atoms with van der Waals surface area (Å²) in [4.78, 5) is 47.1. The first-order chi connectivity index (χ1) is 14.4. The Kier molecular flexibility index (Phi) is 5.24. The molecule has 2 aliphatic heterocycles. The first kappa shape index (κ1) is 20.0. The van der Waals surface area contributed by atoms with Gasteiger partial charge in [0.25, 0.3) is 11.8 Å². The number of hydrazine groups is 1. The van der Waals surface area contributed by atoms with E-state index in [4.69, 9.17) is 10.6 Å². The number of carboxylic acids is 1. The van der Waals surface area contributed by atoms with Gasteiger partial charge in [0, 0.05) is 28.9 Å². The number of rotatable bonds is 6. The van der Waals surface area contributed by atoms with Crippen LogP contribution in [0.3, 0.4) is 0 Å². The summed E-state index contributed by atoms with van der Waals surface area (Å²) in [6, 6.07) is 2.68. The van der Waals surface area contributed by atoms with Crippen LogP contribution in [0.5, 0.6) is 0 Å². The van der Waals surface area contributed by atoms with Crippen molar-refractivity contribution in [3.63, 3.8) is 0 Å². The number of carboxylic acid groups (broad SMARTS) is 1. The molecule has 156 valence electrons. The molecule has 0 aromatic carbocycles. The van der Waals surface area contributed by atoms with E-state index in [1.807, 2.05) is 17.5 Å². The summed E-state index contributed by atoms with van der Waals surface area (Å²) in [5, 5.41) is 22.3. The summed E-state index contributed by atoms with van der Waals surface area (Å²) < 4.78 is 0. The lowest BCUT2D eigenvalue weighted by Crippen LogP contribution is -2.46. The highest BCUT2D eigenvalue weighted by atomic mass is 32.1. The first-order valence-electron chi connectivity index (χ1n) is 8.63. The van der Waals surface area contributed by atoms with Crippen LogP contribution in [-0.4, -0.2) is 69.8 Å². The van der Waals surface area contributed by atoms with Crippen LogP contribution in [0.25, 0.3) is 5.57 Å². The molecular formula is C17H16N6O5S2. The molecule has 0 bridgehead atoms. The normalized spacial score (nSPS) is 19.4. The second kappa shape index (κ2) is 7.85. The highest BCUT2D eigenvalue weighted by Crippen LogP contribution is 2.36. The number of nitrogen functional groups attached to an aromatic ring is 1. The summed E-state index contributed by atoms with van der Waals surface area (Å²) in [7, 11) is 1.28. The molecule has 11 nitrogen and oxygen atoms in total. The van der Waals surface area contributed by atoms with Crippen LogP contribution in [0.4, 0.5) is 5.13 Å². The van der Waals surface area contributed by atoms with Gasteiger partial charge in [-0.3, -0.25) is 9.59 Å². The summed E-state index contributed by atoms with van der Waals surface area (Å²) in [6.45, 7) is 0.373. The maximum Gasteiger partial charge on any atom is 0.354 e. The summed E-state index contributed by atoms with van der Waals surface area (Å²) in [5.74, 6) is -2.43. The van der Waals surface area contributed by atoms with Gasteiger partial charge in [-0.15, -0.1) is 22.7 Å². The van der Waals surface area contributed by atoms with Gasteiger partial charge in [0.15, 0.2) is 16.5 Å². The molecule has 2 aromatic heterocycles. The molecule has 2 aromatic rings. The van der Waals surface area contributed by atoms with E-state index in [0.717, 1.165) is 21.2 Å². The molecule has 0 unspecified atom stereocenters. The molecule has 13 heteroatoms. The monoisotopic (exact) mass is 448 g/mol. The van der Waals surface area contributed by atoms with Gasteiger partial charge >= 0.3 is 5.97 Å². The third kappa shape index (κ3) is 3.42. The van der Waals surface area contributed by atoms with Crippen molar-refractivity contribution in [1.29, 1.82) is 0 Å². The number of aliphatic carboxylic acids is 1. The van der Waals surface area contributed by atoms with Gasteiger partial charge in [0.05, 0.1) is 0 Å². The molecule has 0 radical (unpaired) electrons. The number of nitrogens with zero attached hydrogens (tertiary/aromatic N) is 4. The lowest BCUT2D eigenvalue weighted by Gasteiger charge is -2.19. The summed E-state index contributed by atoms with van der Waals surface area (Å²) in [5.41, 5.74) is 6.16. The number of thiazole rings is 1. The standard InChI is InChI=1S/C17H16N6O5S2/c1-28-21-12(10-7-30-17(18)20-10)14(24)19-9-6-22-5-8(11-3-2-4-29-11)13(16(26)27)23(22)15(9)25/h2-4,7,9H,5-6H2,1H3,(H2,18,20)(H,19,24)(H,26,27)/b21-12-/t9-/m0/s1.